The molecule has 1 aromatic heterocycles. The number of Topliss-reactive ketones (excluding diaryl/α,β-unsaturated/α-hetero) is 1. The lowest BCUT2D eigenvalue weighted by Gasteiger charge is -2.23. The summed E-state index contributed by atoms with van der Waals surface area (Å²) in [7, 11) is 0. The summed E-state index contributed by atoms with van der Waals surface area (Å²) >= 11 is 2.54. The maximum Gasteiger partial charge on any atom is 0.301 e. The topological polar surface area (TPSA) is 102 Å². The summed E-state index contributed by atoms with van der Waals surface area (Å²) in [4.78, 5) is 28.4. The Bertz CT molecular complexity index is 1630. The van der Waals surface area contributed by atoms with E-state index in [2.05, 4.69) is 17.1 Å². The third-order valence-corrected chi connectivity index (χ3v) is 8.83. The molecule has 3 aromatic carbocycles. The molecule has 8 nitrogen and oxygen atoms in total. The van der Waals surface area contributed by atoms with Gasteiger partial charge in [-0.2, -0.15) is 0 Å². The first-order valence-electron chi connectivity index (χ1n) is 13.9. The fourth-order valence-electron chi connectivity index (χ4n) is 4.59. The Morgan fingerprint density at radius 1 is 1.00 bits per heavy atom. The Labute approximate surface area is 257 Å². The second kappa shape index (κ2) is 13.8. The number of halogens is 1. The Hall–Kier alpha value is -4.22. The maximum atomic E-state index is 13.6. The van der Waals surface area contributed by atoms with E-state index in [0.717, 1.165) is 29.7 Å². The second-order valence-corrected chi connectivity index (χ2v) is 11.8. The van der Waals surface area contributed by atoms with E-state index in [-0.39, 0.29) is 22.3 Å². The lowest BCUT2D eigenvalue weighted by Crippen LogP contribution is -2.29. The number of hydrogen-bond acceptors (Lipinski definition) is 9. The van der Waals surface area contributed by atoms with Gasteiger partial charge in [-0.1, -0.05) is 85.0 Å². The van der Waals surface area contributed by atoms with Gasteiger partial charge in [0, 0.05) is 11.3 Å². The highest BCUT2D eigenvalue weighted by Gasteiger charge is 2.48. The van der Waals surface area contributed by atoms with E-state index in [9.17, 15) is 19.1 Å². The minimum absolute atomic E-state index is 0.0611. The lowest BCUT2D eigenvalue weighted by atomic mass is 9.95. The zero-order chi connectivity index (χ0) is 30.3. The van der Waals surface area contributed by atoms with E-state index < -0.39 is 17.7 Å². The Morgan fingerprint density at radius 2 is 1.77 bits per heavy atom. The summed E-state index contributed by atoms with van der Waals surface area (Å²) in [5.74, 6) is -0.724. The highest BCUT2D eigenvalue weighted by Crippen LogP contribution is 2.45. The molecule has 2 heterocycles. The largest absolute Gasteiger partial charge is 0.507 e. The van der Waals surface area contributed by atoms with Crippen molar-refractivity contribution in [3.8, 4) is 11.5 Å². The molecule has 1 fully saturated rings. The highest BCUT2D eigenvalue weighted by molar-refractivity contribution is 8.00. The van der Waals surface area contributed by atoms with Crippen LogP contribution in [0.25, 0.3) is 5.76 Å². The number of carbonyl (C=O) groups excluding carboxylic acids is 2. The Kier molecular flexibility index (Phi) is 9.73. The molecule has 222 valence electrons. The summed E-state index contributed by atoms with van der Waals surface area (Å²) in [6.45, 7) is 4.83. The van der Waals surface area contributed by atoms with Gasteiger partial charge in [0.05, 0.1) is 24.8 Å². The molecule has 4 aromatic rings. The van der Waals surface area contributed by atoms with Crippen molar-refractivity contribution in [3.63, 3.8) is 0 Å². The number of hydrogen-bond donors (Lipinski definition) is 1. The van der Waals surface area contributed by atoms with Crippen LogP contribution in [0.1, 0.15) is 49.4 Å². The third kappa shape index (κ3) is 6.73. The van der Waals surface area contributed by atoms with Crippen molar-refractivity contribution in [1.29, 1.82) is 0 Å². The van der Waals surface area contributed by atoms with Gasteiger partial charge in [-0.3, -0.25) is 14.5 Å². The molecule has 43 heavy (non-hydrogen) atoms. The number of rotatable bonds is 12. The average molecular weight is 620 g/mol. The van der Waals surface area contributed by atoms with Crippen LogP contribution in [-0.2, 0) is 15.3 Å². The summed E-state index contributed by atoms with van der Waals surface area (Å²) in [6.07, 6.45) is 1.85. The summed E-state index contributed by atoms with van der Waals surface area (Å²) in [6, 6.07) is 19.0. The minimum atomic E-state index is -0.994. The summed E-state index contributed by atoms with van der Waals surface area (Å²) in [5, 5.41) is 20.1. The average Bonchev–Trinajstić information content (AvgIpc) is 3.59. The molecule has 1 amide bonds. The normalized spacial score (nSPS) is 16.1. The van der Waals surface area contributed by atoms with E-state index in [1.54, 1.807) is 60.7 Å². The number of ketones is 1. The molecule has 1 aliphatic heterocycles. The number of aliphatic hydroxyl groups is 1. The summed E-state index contributed by atoms with van der Waals surface area (Å²) in [5.41, 5.74) is 1.78. The molecule has 1 atom stereocenters. The number of ether oxygens (including phenoxy) is 2. The van der Waals surface area contributed by atoms with Crippen LogP contribution in [0.2, 0.25) is 0 Å². The number of nitrogens with zero attached hydrogens (tertiary/aromatic N) is 3. The first kappa shape index (κ1) is 30.2. The monoisotopic (exact) mass is 619 g/mol. The third-order valence-electron chi connectivity index (χ3n) is 6.71. The molecule has 11 heteroatoms. The van der Waals surface area contributed by atoms with Crippen molar-refractivity contribution in [2.75, 3.05) is 18.1 Å². The quantitative estimate of drug-likeness (QED) is 0.0445. The van der Waals surface area contributed by atoms with Crippen molar-refractivity contribution >= 4 is 45.7 Å². The minimum Gasteiger partial charge on any atom is -0.507 e. The van der Waals surface area contributed by atoms with Crippen LogP contribution in [0, 0.1) is 5.82 Å². The number of aromatic nitrogens is 2. The maximum absolute atomic E-state index is 13.6. The van der Waals surface area contributed by atoms with Crippen LogP contribution in [0.3, 0.4) is 0 Å². The molecule has 1 unspecified atom stereocenters. The van der Waals surface area contributed by atoms with Crippen molar-refractivity contribution in [2.24, 2.45) is 0 Å². The van der Waals surface area contributed by atoms with Gasteiger partial charge in [0.1, 0.15) is 11.6 Å². The van der Waals surface area contributed by atoms with Gasteiger partial charge in [0.2, 0.25) is 5.13 Å². The van der Waals surface area contributed by atoms with Crippen LogP contribution in [-0.4, -0.2) is 40.2 Å². The number of amides is 1. The first-order valence-corrected chi connectivity index (χ1v) is 15.7. The van der Waals surface area contributed by atoms with Crippen molar-refractivity contribution in [3.05, 3.63) is 101 Å². The standard InChI is InChI=1S/C32H30FN3O5S2/c1-3-5-17-41-24-16-13-22(18-25(24)40-4-2)27-26(28(37)21-9-7-6-8-10-21)29(38)30(39)36(27)31-34-35-32(43-31)42-19-20-11-14-23(33)15-12-20/h6-16,18,27,37H,3-5,17,19H2,1-2H3/b28-26+. The van der Waals surface area contributed by atoms with Gasteiger partial charge in [-0.25, -0.2) is 4.39 Å². The SMILES string of the molecule is CCCCOc1ccc(C2/C(=C(\O)c3ccccc3)C(=O)C(=O)N2c2nnc(SCc3ccc(F)cc3)s2)cc1OCC. The van der Waals surface area contributed by atoms with E-state index >= 15 is 0 Å². The molecular weight excluding hydrogens is 590 g/mol. The number of anilines is 1. The van der Waals surface area contributed by atoms with Crippen LogP contribution in [0.5, 0.6) is 11.5 Å². The van der Waals surface area contributed by atoms with Crippen molar-refractivity contribution < 1.29 is 28.6 Å². The smallest absolute Gasteiger partial charge is 0.301 e. The van der Waals surface area contributed by atoms with E-state index in [0.29, 0.717) is 45.9 Å². The Balaban J connectivity index is 1.55. The summed E-state index contributed by atoms with van der Waals surface area (Å²) < 4.78 is 25.7. The van der Waals surface area contributed by atoms with Crippen LogP contribution >= 0.6 is 23.1 Å². The van der Waals surface area contributed by atoms with Crippen LogP contribution < -0.4 is 14.4 Å². The number of unbranched alkanes of at least 4 members (excludes halogenated alkanes) is 1. The number of carbonyl (C=O) groups is 2. The van der Waals surface area contributed by atoms with Crippen molar-refractivity contribution in [2.45, 2.75) is 42.8 Å². The van der Waals surface area contributed by atoms with Crippen LogP contribution in [0.4, 0.5) is 9.52 Å². The first-order chi connectivity index (χ1) is 20.9. The zero-order valence-electron chi connectivity index (χ0n) is 23.7. The van der Waals surface area contributed by atoms with Crippen LogP contribution in [0.15, 0.2) is 82.7 Å². The number of thioether (sulfide) groups is 1. The predicted octanol–water partition coefficient (Wildman–Crippen LogP) is 7.17. The molecule has 0 aliphatic carbocycles. The second-order valence-electron chi connectivity index (χ2n) is 9.64. The fourth-order valence-corrected chi connectivity index (χ4v) is 6.41. The van der Waals surface area contributed by atoms with E-state index in [1.807, 2.05) is 6.92 Å². The van der Waals surface area contributed by atoms with Gasteiger partial charge in [-0.05, 0) is 48.7 Å². The van der Waals surface area contributed by atoms with Gasteiger partial charge in [0.15, 0.2) is 15.8 Å². The molecule has 0 saturated carbocycles. The number of aliphatic hydroxyl groups excluding tert-OH is 1. The van der Waals surface area contributed by atoms with Gasteiger partial charge >= 0.3 is 5.91 Å². The molecule has 0 bridgehead atoms. The van der Waals surface area contributed by atoms with Gasteiger partial charge in [-0.15, -0.1) is 10.2 Å². The zero-order valence-corrected chi connectivity index (χ0v) is 25.3. The van der Waals surface area contributed by atoms with E-state index in [1.165, 1.54) is 28.8 Å². The van der Waals surface area contributed by atoms with Gasteiger partial charge < -0.3 is 14.6 Å². The molecule has 1 aliphatic rings. The predicted molar refractivity (Wildman–Crippen MR) is 165 cm³/mol. The number of benzene rings is 3. The molecule has 1 saturated heterocycles. The fraction of sp³-hybridized carbons (Fsp3) is 0.250. The molecule has 0 spiro atoms. The highest BCUT2D eigenvalue weighted by atomic mass is 32.2. The lowest BCUT2D eigenvalue weighted by molar-refractivity contribution is -0.132. The van der Waals surface area contributed by atoms with Gasteiger partial charge in [0.25, 0.3) is 5.78 Å². The van der Waals surface area contributed by atoms with Crippen molar-refractivity contribution in [1.82, 2.24) is 10.2 Å². The molecule has 5 rings (SSSR count). The Morgan fingerprint density at radius 3 is 2.49 bits per heavy atom. The molecular formula is C32H30FN3O5S2. The molecule has 0 radical (unpaired) electrons. The van der Waals surface area contributed by atoms with E-state index in [4.69, 9.17) is 9.47 Å². The molecule has 1 N–H and O–H groups in total.